The Bertz CT molecular complexity index is 943. The predicted octanol–water partition coefficient (Wildman–Crippen LogP) is 2.17. The fourth-order valence-corrected chi connectivity index (χ4v) is 3.99. The van der Waals surface area contributed by atoms with Gasteiger partial charge in [-0.25, -0.2) is 13.6 Å². The zero-order valence-corrected chi connectivity index (χ0v) is 16.2. The number of benzene rings is 2. The van der Waals surface area contributed by atoms with E-state index in [0.717, 1.165) is 18.4 Å². The minimum absolute atomic E-state index is 0.0289. The van der Waals surface area contributed by atoms with Gasteiger partial charge in [-0.05, 0) is 36.1 Å². The fourth-order valence-electron chi connectivity index (χ4n) is 3.34. The van der Waals surface area contributed by atoms with E-state index in [0.29, 0.717) is 24.2 Å². The van der Waals surface area contributed by atoms with E-state index in [1.165, 1.54) is 0 Å². The van der Waals surface area contributed by atoms with Crippen LogP contribution in [0.3, 0.4) is 0 Å². The summed E-state index contributed by atoms with van der Waals surface area (Å²) >= 11 is 0. The van der Waals surface area contributed by atoms with Crippen molar-refractivity contribution in [2.24, 2.45) is 5.14 Å². The molecule has 1 saturated heterocycles. The van der Waals surface area contributed by atoms with Crippen LogP contribution in [0.5, 0.6) is 0 Å². The summed E-state index contributed by atoms with van der Waals surface area (Å²) < 4.78 is 22.4. The minimum Gasteiger partial charge on any atom is -0.327 e. The molecule has 0 radical (unpaired) electrons. The number of nitrogens with one attached hydrogen (secondary N) is 1. The van der Waals surface area contributed by atoms with Crippen LogP contribution in [0, 0.1) is 0 Å². The standard InChI is InChI=1S/C20H23N3O4S/c21-28(26,27)14-15-9-11-17(12-10-15)22-20(25)19(16-6-2-1-3-7-16)23-13-5-4-8-18(23)24/h1-3,6-7,9-12,19H,4-5,8,13-14H2,(H,22,25)(H2,21,26,27). The van der Waals surface area contributed by atoms with Crippen molar-refractivity contribution in [2.45, 2.75) is 31.1 Å². The van der Waals surface area contributed by atoms with Gasteiger partial charge in [0.1, 0.15) is 6.04 Å². The maximum atomic E-state index is 13.1. The van der Waals surface area contributed by atoms with Crippen LogP contribution >= 0.6 is 0 Å². The highest BCUT2D eigenvalue weighted by Crippen LogP contribution is 2.27. The lowest BCUT2D eigenvalue weighted by Gasteiger charge is -2.34. The number of piperidine rings is 1. The van der Waals surface area contributed by atoms with Crippen molar-refractivity contribution in [2.75, 3.05) is 11.9 Å². The number of carbonyl (C=O) groups is 2. The van der Waals surface area contributed by atoms with Crippen LogP contribution in [0.1, 0.15) is 36.4 Å². The number of hydrogen-bond acceptors (Lipinski definition) is 4. The van der Waals surface area contributed by atoms with Crippen LogP contribution in [-0.2, 0) is 25.4 Å². The predicted molar refractivity (Wildman–Crippen MR) is 107 cm³/mol. The van der Waals surface area contributed by atoms with Crippen LogP contribution < -0.4 is 10.5 Å². The second-order valence-corrected chi connectivity index (χ2v) is 8.47. The minimum atomic E-state index is -3.61. The molecule has 28 heavy (non-hydrogen) atoms. The molecule has 0 spiro atoms. The number of sulfonamides is 1. The van der Waals surface area contributed by atoms with Gasteiger partial charge in [0.05, 0.1) is 5.75 Å². The lowest BCUT2D eigenvalue weighted by Crippen LogP contribution is -2.43. The summed E-state index contributed by atoms with van der Waals surface area (Å²) in [6, 6.07) is 14.9. The van der Waals surface area contributed by atoms with Crippen molar-refractivity contribution in [1.82, 2.24) is 4.90 Å². The first-order chi connectivity index (χ1) is 13.3. The topological polar surface area (TPSA) is 110 Å². The van der Waals surface area contributed by atoms with Crippen molar-refractivity contribution in [3.63, 3.8) is 0 Å². The Hall–Kier alpha value is -2.71. The SMILES string of the molecule is NS(=O)(=O)Cc1ccc(NC(=O)C(c2ccccc2)N2CCCCC2=O)cc1. The van der Waals surface area contributed by atoms with E-state index in [9.17, 15) is 18.0 Å². The molecule has 1 aliphatic heterocycles. The number of anilines is 1. The van der Waals surface area contributed by atoms with Crippen molar-refractivity contribution >= 4 is 27.5 Å². The summed E-state index contributed by atoms with van der Waals surface area (Å²) in [7, 11) is -3.61. The van der Waals surface area contributed by atoms with Crippen LogP contribution in [0.15, 0.2) is 54.6 Å². The molecule has 0 aliphatic carbocycles. The molecule has 8 heteroatoms. The third-order valence-corrected chi connectivity index (χ3v) is 5.36. The first-order valence-electron chi connectivity index (χ1n) is 9.08. The highest BCUT2D eigenvalue weighted by Gasteiger charge is 2.32. The van der Waals surface area contributed by atoms with Gasteiger partial charge in [-0.1, -0.05) is 42.5 Å². The molecule has 0 aromatic heterocycles. The molecule has 0 saturated carbocycles. The molecule has 2 aromatic carbocycles. The Balaban J connectivity index is 1.80. The van der Waals surface area contributed by atoms with Crippen molar-refractivity contribution in [1.29, 1.82) is 0 Å². The number of hydrogen-bond donors (Lipinski definition) is 2. The Kier molecular flexibility index (Phi) is 6.11. The molecule has 2 aromatic rings. The summed E-state index contributed by atoms with van der Waals surface area (Å²) in [5.41, 5.74) is 1.81. The molecule has 1 unspecified atom stereocenters. The van der Waals surface area contributed by atoms with Gasteiger partial charge in [0.25, 0.3) is 5.91 Å². The molecule has 0 bridgehead atoms. The Morgan fingerprint density at radius 1 is 1.07 bits per heavy atom. The summed E-state index contributed by atoms with van der Waals surface area (Å²) in [5, 5.41) is 7.89. The maximum Gasteiger partial charge on any atom is 0.251 e. The van der Waals surface area contributed by atoms with Gasteiger partial charge in [-0.3, -0.25) is 9.59 Å². The first kappa shape index (κ1) is 20.0. The lowest BCUT2D eigenvalue weighted by molar-refractivity contribution is -0.141. The summed E-state index contributed by atoms with van der Waals surface area (Å²) in [4.78, 5) is 27.1. The van der Waals surface area contributed by atoms with Gasteiger partial charge in [0, 0.05) is 18.7 Å². The van der Waals surface area contributed by atoms with E-state index < -0.39 is 16.1 Å². The molecular formula is C20H23N3O4S. The fraction of sp³-hybridized carbons (Fsp3) is 0.300. The molecule has 1 atom stereocenters. The number of carbonyl (C=O) groups excluding carboxylic acids is 2. The molecule has 1 fully saturated rings. The maximum absolute atomic E-state index is 13.1. The second kappa shape index (κ2) is 8.53. The van der Waals surface area contributed by atoms with E-state index in [1.54, 1.807) is 29.2 Å². The highest BCUT2D eigenvalue weighted by molar-refractivity contribution is 7.88. The Labute approximate surface area is 164 Å². The molecular weight excluding hydrogens is 378 g/mol. The van der Waals surface area contributed by atoms with Crippen molar-refractivity contribution in [3.05, 3.63) is 65.7 Å². The third-order valence-electron chi connectivity index (χ3n) is 4.62. The number of primary sulfonamides is 1. The van der Waals surface area contributed by atoms with E-state index in [-0.39, 0.29) is 17.6 Å². The number of likely N-dealkylation sites (tertiary alicyclic amines) is 1. The van der Waals surface area contributed by atoms with Crippen molar-refractivity contribution in [3.8, 4) is 0 Å². The van der Waals surface area contributed by atoms with Crippen LogP contribution in [0.2, 0.25) is 0 Å². The van der Waals surface area contributed by atoms with E-state index in [4.69, 9.17) is 5.14 Å². The lowest BCUT2D eigenvalue weighted by atomic mass is 10.0. The van der Waals surface area contributed by atoms with Gasteiger partial charge in [-0.2, -0.15) is 0 Å². The number of nitrogens with two attached hydrogens (primary N) is 1. The van der Waals surface area contributed by atoms with E-state index >= 15 is 0 Å². The summed E-state index contributed by atoms with van der Waals surface area (Å²) in [6.45, 7) is 0.541. The van der Waals surface area contributed by atoms with Crippen molar-refractivity contribution < 1.29 is 18.0 Å². The molecule has 2 amide bonds. The molecule has 3 rings (SSSR count). The van der Waals surface area contributed by atoms with Crippen LogP contribution in [0.4, 0.5) is 5.69 Å². The zero-order chi connectivity index (χ0) is 20.1. The molecule has 148 valence electrons. The van der Waals surface area contributed by atoms with E-state index in [1.807, 2.05) is 30.3 Å². The van der Waals surface area contributed by atoms with Gasteiger partial charge < -0.3 is 10.2 Å². The smallest absolute Gasteiger partial charge is 0.251 e. The first-order valence-corrected chi connectivity index (χ1v) is 10.8. The average Bonchev–Trinajstić information content (AvgIpc) is 2.65. The van der Waals surface area contributed by atoms with Crippen LogP contribution in [0.25, 0.3) is 0 Å². The Morgan fingerprint density at radius 3 is 2.36 bits per heavy atom. The third kappa shape index (κ3) is 5.17. The Morgan fingerprint density at radius 2 is 1.75 bits per heavy atom. The monoisotopic (exact) mass is 401 g/mol. The molecule has 1 aliphatic rings. The molecule has 1 heterocycles. The van der Waals surface area contributed by atoms with Gasteiger partial charge in [0.15, 0.2) is 0 Å². The second-order valence-electron chi connectivity index (χ2n) is 6.85. The van der Waals surface area contributed by atoms with Crippen LogP contribution in [-0.4, -0.2) is 31.7 Å². The number of amides is 2. The summed E-state index contributed by atoms with van der Waals surface area (Å²) in [6.07, 6.45) is 2.15. The quantitative estimate of drug-likeness (QED) is 0.773. The zero-order valence-electron chi connectivity index (χ0n) is 15.4. The summed E-state index contributed by atoms with van der Waals surface area (Å²) in [5.74, 6) is -0.602. The van der Waals surface area contributed by atoms with Gasteiger partial charge in [-0.15, -0.1) is 0 Å². The largest absolute Gasteiger partial charge is 0.327 e. The normalized spacial score (nSPS) is 15.9. The van der Waals surface area contributed by atoms with Gasteiger partial charge >= 0.3 is 0 Å². The average molecular weight is 401 g/mol. The molecule has 3 N–H and O–H groups in total. The highest BCUT2D eigenvalue weighted by atomic mass is 32.2. The number of rotatable bonds is 6. The van der Waals surface area contributed by atoms with E-state index in [2.05, 4.69) is 5.32 Å². The van der Waals surface area contributed by atoms with Gasteiger partial charge in [0.2, 0.25) is 15.9 Å². The molecule has 7 nitrogen and oxygen atoms in total. The number of nitrogens with zero attached hydrogens (tertiary/aromatic N) is 1.